The number of aromatic nitrogens is 2. The second-order valence-corrected chi connectivity index (χ2v) is 23.1. The van der Waals surface area contributed by atoms with Gasteiger partial charge in [0.2, 0.25) is 17.7 Å². The molecule has 3 N–H and O–H groups in total. The molecule has 3 aliphatic rings. The lowest BCUT2D eigenvalue weighted by atomic mass is 9.87. The van der Waals surface area contributed by atoms with Gasteiger partial charge in [-0.15, -0.1) is 22.7 Å². The lowest BCUT2D eigenvalue weighted by Crippen LogP contribution is -2.55. The Balaban J connectivity index is 0.707. The summed E-state index contributed by atoms with van der Waals surface area (Å²) in [6.07, 6.45) is 1.82. The Hall–Kier alpha value is -8.12. The summed E-state index contributed by atoms with van der Waals surface area (Å²) in [5.41, 5.74) is 8.98. The molecule has 1 fully saturated rings. The fourth-order valence-corrected chi connectivity index (χ4v) is 12.5. The zero-order valence-corrected chi connectivity index (χ0v) is 48.5. The summed E-state index contributed by atoms with van der Waals surface area (Å²) < 4.78 is 39.1. The van der Waals surface area contributed by atoms with Crippen LogP contribution < -0.4 is 20.1 Å². The number of nitrogens with zero attached hydrogens (tertiary/aromatic N) is 4. The molecule has 0 saturated carbocycles. The molecule has 1 aliphatic carbocycles. The molecule has 10 rings (SSSR count). The van der Waals surface area contributed by atoms with E-state index >= 15 is 0 Å². The summed E-state index contributed by atoms with van der Waals surface area (Å²) in [6.45, 7) is 7.26. The molecule has 5 aromatic carbocycles. The first kappa shape index (κ1) is 59.1. The summed E-state index contributed by atoms with van der Waals surface area (Å²) in [4.78, 5) is 82.5. The Morgan fingerprint density at radius 3 is 2.45 bits per heavy atom. The number of β-amino-alcohol motifs (C(OH)–C–C–N with tert-alkyl or cyclic N) is 1. The predicted molar refractivity (Wildman–Crippen MR) is 317 cm³/mol. The van der Waals surface area contributed by atoms with Crippen LogP contribution in [-0.2, 0) is 50.0 Å². The molecular weight excluding hydrogens is 1110 g/mol. The second kappa shape index (κ2) is 27.5. The maximum atomic E-state index is 15.0. The van der Waals surface area contributed by atoms with E-state index in [4.69, 9.17) is 18.9 Å². The van der Waals surface area contributed by atoms with Gasteiger partial charge in [0.05, 0.1) is 47.9 Å². The Labute approximate surface area is 495 Å². The highest BCUT2D eigenvalue weighted by molar-refractivity contribution is 7.14. The highest BCUT2D eigenvalue weighted by atomic mass is 32.1. The number of nitrogens with one attached hydrogen (secondary N) is 2. The van der Waals surface area contributed by atoms with Gasteiger partial charge >= 0.3 is 0 Å². The minimum absolute atomic E-state index is 0.0253. The molecule has 19 heteroatoms. The van der Waals surface area contributed by atoms with Gasteiger partial charge in [-0.3, -0.25) is 24.0 Å². The molecule has 434 valence electrons. The van der Waals surface area contributed by atoms with Gasteiger partial charge in [0.25, 0.3) is 5.91 Å². The van der Waals surface area contributed by atoms with Crippen molar-refractivity contribution in [2.75, 3.05) is 44.9 Å². The number of ketones is 1. The quantitative estimate of drug-likeness (QED) is 0.0383. The predicted octanol–water partition coefficient (Wildman–Crippen LogP) is 9.57. The van der Waals surface area contributed by atoms with E-state index in [0.29, 0.717) is 57.3 Å². The maximum Gasteiger partial charge on any atom is 0.255 e. The van der Waals surface area contributed by atoms with Crippen LogP contribution in [-0.4, -0.2) is 112 Å². The number of aliphatic hydroxyl groups excluding tert-OH is 1. The third kappa shape index (κ3) is 13.9. The van der Waals surface area contributed by atoms with Crippen LogP contribution in [0.15, 0.2) is 126 Å². The molecular formula is C65H65FN6O10S2. The van der Waals surface area contributed by atoms with Crippen molar-refractivity contribution in [1.29, 1.82) is 0 Å². The summed E-state index contributed by atoms with van der Waals surface area (Å²) >= 11 is 2.78. The number of aliphatic hydroxyl groups is 1. The Bertz CT molecular complexity index is 3570. The number of fused-ring (bicyclic) bond motifs is 2. The SMILES string of the molecule is Cc1ncsc1-c1ccc(CNC(=O)[C@@H]2CC(O)CN2C(=O)[C@H](C(C)C)N2Cc3ccccc3C2=O)c(OCCOCCOCC#Cc2cccc3c2C(=O)C(CCC(C(=O)Nc2nccs2)c2cc(F)ccc2OCc2ccccc2)C3)c1. The van der Waals surface area contributed by atoms with E-state index in [1.54, 1.807) is 34.1 Å². The molecule has 0 radical (unpaired) electrons. The van der Waals surface area contributed by atoms with Crippen LogP contribution in [0.2, 0.25) is 0 Å². The first-order chi connectivity index (χ1) is 40.8. The fraction of sp³-hybridized carbons (Fsp3) is 0.338. The number of likely N-dealkylation sites (tertiary alicyclic amines) is 1. The molecule has 16 nitrogen and oxygen atoms in total. The van der Waals surface area contributed by atoms with Crippen molar-refractivity contribution in [3.8, 4) is 33.8 Å². The molecule has 3 unspecified atom stereocenters. The van der Waals surface area contributed by atoms with Crippen LogP contribution in [0.4, 0.5) is 9.52 Å². The van der Waals surface area contributed by atoms with E-state index in [-0.39, 0.29) is 102 Å². The molecule has 7 aromatic rings. The summed E-state index contributed by atoms with van der Waals surface area (Å²) in [7, 11) is 0. The van der Waals surface area contributed by atoms with E-state index < -0.39 is 41.7 Å². The second-order valence-electron chi connectivity index (χ2n) is 21.3. The number of aryl methyl sites for hydroxylation is 1. The van der Waals surface area contributed by atoms with Crippen LogP contribution in [0.25, 0.3) is 10.4 Å². The largest absolute Gasteiger partial charge is 0.491 e. The van der Waals surface area contributed by atoms with Gasteiger partial charge in [0, 0.05) is 71.4 Å². The van der Waals surface area contributed by atoms with Crippen LogP contribution >= 0.6 is 22.7 Å². The van der Waals surface area contributed by atoms with Crippen molar-refractivity contribution in [3.05, 3.63) is 182 Å². The van der Waals surface area contributed by atoms with Crippen LogP contribution in [0.5, 0.6) is 11.5 Å². The van der Waals surface area contributed by atoms with Crippen molar-refractivity contribution in [2.24, 2.45) is 11.8 Å². The van der Waals surface area contributed by atoms with Gasteiger partial charge < -0.3 is 44.5 Å². The first-order valence-electron chi connectivity index (χ1n) is 28.1. The Kier molecular flexibility index (Phi) is 19.3. The van der Waals surface area contributed by atoms with Gasteiger partial charge in [0.1, 0.15) is 49.2 Å². The molecule has 2 aromatic heterocycles. The molecule has 4 amide bonds. The number of ether oxygens (including phenoxy) is 4. The average Bonchev–Trinajstić information content (AvgIpc) is 3.56. The van der Waals surface area contributed by atoms with Crippen LogP contribution in [0.1, 0.15) is 98.8 Å². The molecule has 0 bridgehead atoms. The number of hydrogen-bond donors (Lipinski definition) is 3. The number of carbonyl (C=O) groups excluding carboxylic acids is 5. The van der Waals surface area contributed by atoms with Gasteiger partial charge in [-0.2, -0.15) is 0 Å². The third-order valence-corrected chi connectivity index (χ3v) is 17.0. The molecule has 0 spiro atoms. The number of benzene rings is 5. The van der Waals surface area contributed by atoms with Crippen molar-refractivity contribution >= 4 is 57.2 Å². The van der Waals surface area contributed by atoms with Gasteiger partial charge in [0.15, 0.2) is 10.9 Å². The number of anilines is 1. The standard InChI is InChI=1S/C65H65FN6O10S2/c1-40(2)58(72-36-48-13-7-8-17-51(48)63(72)77)64(78)71-37-50(73)34-54(71)62(76)68-35-47-19-18-46(60-41(3)69-39-84-60)32-56(47)81-29-28-80-27-26-79-25-10-16-43-14-9-15-44-31-45(59(74)57(43)44)20-22-52(61(75)70-65-67-24-30-83-65)53-33-49(66)21-23-55(53)82-38-42-11-5-4-6-12-42/h4-9,11-15,17-19,21,23-24,30,32-33,39-40,45,50,52,54,58,73H,20,22,25-29,31,34-38H2,1-3H3,(H,68,76)(H,67,70,75)/t45?,50?,52?,54-,58-/m0/s1. The van der Waals surface area contributed by atoms with Crippen molar-refractivity contribution in [1.82, 2.24) is 25.1 Å². The van der Waals surface area contributed by atoms with Crippen LogP contribution in [0, 0.1) is 36.4 Å². The van der Waals surface area contributed by atoms with E-state index in [2.05, 4.69) is 32.4 Å². The molecule has 2 aliphatic heterocycles. The number of amides is 4. The Morgan fingerprint density at radius 2 is 1.67 bits per heavy atom. The number of rotatable bonds is 24. The Morgan fingerprint density at radius 1 is 0.869 bits per heavy atom. The van der Waals surface area contributed by atoms with Crippen molar-refractivity contribution in [2.45, 2.75) is 90.3 Å². The number of thiazole rings is 2. The zero-order chi connectivity index (χ0) is 58.7. The normalized spacial score (nSPS) is 16.9. The van der Waals surface area contributed by atoms with E-state index in [0.717, 1.165) is 32.8 Å². The van der Waals surface area contributed by atoms with Crippen LogP contribution in [0.3, 0.4) is 0 Å². The van der Waals surface area contributed by atoms with Gasteiger partial charge in [-0.05, 0) is 90.8 Å². The minimum Gasteiger partial charge on any atom is -0.491 e. The zero-order valence-electron chi connectivity index (χ0n) is 46.9. The molecule has 1 saturated heterocycles. The minimum atomic E-state index is -0.944. The van der Waals surface area contributed by atoms with E-state index in [9.17, 15) is 33.5 Å². The van der Waals surface area contributed by atoms with Gasteiger partial charge in [-0.1, -0.05) is 98.5 Å². The van der Waals surface area contributed by atoms with Crippen molar-refractivity contribution < 1.29 is 52.4 Å². The lowest BCUT2D eigenvalue weighted by molar-refractivity contribution is -0.143. The number of halogens is 1. The number of Topliss-reactive ketones (excluding diaryl/α,β-unsaturated/α-hetero) is 1. The molecule has 5 atom stereocenters. The average molecular weight is 1170 g/mol. The number of hydrogen-bond acceptors (Lipinski definition) is 14. The highest BCUT2D eigenvalue weighted by Gasteiger charge is 2.46. The summed E-state index contributed by atoms with van der Waals surface area (Å²) in [6, 6.07) is 30.6. The third-order valence-electron chi connectivity index (χ3n) is 15.3. The fourth-order valence-electron chi connectivity index (χ4n) is 11.2. The molecule has 84 heavy (non-hydrogen) atoms. The number of carbonyl (C=O) groups is 5. The van der Waals surface area contributed by atoms with E-state index in [1.807, 2.05) is 99.6 Å². The van der Waals surface area contributed by atoms with Gasteiger partial charge in [-0.25, -0.2) is 14.4 Å². The van der Waals surface area contributed by atoms with Crippen molar-refractivity contribution in [3.63, 3.8) is 0 Å². The lowest BCUT2D eigenvalue weighted by Gasteiger charge is -2.35. The topological polar surface area (TPSA) is 199 Å². The summed E-state index contributed by atoms with van der Waals surface area (Å²) in [5, 5.41) is 18.8. The molecule has 4 heterocycles. The summed E-state index contributed by atoms with van der Waals surface area (Å²) in [5.74, 6) is 3.60. The highest BCUT2D eigenvalue weighted by Crippen LogP contribution is 2.39. The monoisotopic (exact) mass is 1170 g/mol. The smallest absolute Gasteiger partial charge is 0.255 e. The first-order valence-corrected chi connectivity index (χ1v) is 29.9. The maximum absolute atomic E-state index is 15.0. The van der Waals surface area contributed by atoms with E-state index in [1.165, 1.54) is 45.8 Å².